The number of pyridine rings is 1. The molecule has 0 bridgehead atoms. The summed E-state index contributed by atoms with van der Waals surface area (Å²) in [6, 6.07) is 1.69. The number of anilines is 1. The van der Waals surface area contributed by atoms with Crippen molar-refractivity contribution in [2.75, 3.05) is 5.32 Å². The van der Waals surface area contributed by atoms with Crippen LogP contribution in [0.2, 0.25) is 0 Å². The molecule has 0 spiro atoms. The van der Waals surface area contributed by atoms with Gasteiger partial charge in [0, 0.05) is 25.4 Å². The highest BCUT2D eigenvalue weighted by molar-refractivity contribution is 5.93. The minimum absolute atomic E-state index is 0.207. The number of nitrogens with zero attached hydrogens (tertiary/aromatic N) is 3. The van der Waals surface area contributed by atoms with Crippen molar-refractivity contribution in [2.45, 2.75) is 20.8 Å². The Hall–Kier alpha value is -2.70. The Kier molecular flexibility index (Phi) is 3.51. The number of rotatable bonds is 3. The van der Waals surface area contributed by atoms with Crippen molar-refractivity contribution < 1.29 is 9.59 Å². The zero-order valence-electron chi connectivity index (χ0n) is 11.5. The summed E-state index contributed by atoms with van der Waals surface area (Å²) in [5.74, 6) is -0.309. The van der Waals surface area contributed by atoms with Crippen molar-refractivity contribution in [2.24, 2.45) is 5.73 Å². The van der Waals surface area contributed by atoms with E-state index in [-0.39, 0.29) is 5.91 Å². The van der Waals surface area contributed by atoms with Crippen LogP contribution in [0.1, 0.15) is 28.5 Å². The molecule has 0 aliphatic carbocycles. The molecule has 2 heterocycles. The molecule has 3 N–H and O–H groups in total. The Morgan fingerprint density at radius 2 is 2.05 bits per heavy atom. The van der Waals surface area contributed by atoms with Crippen molar-refractivity contribution in [1.82, 2.24) is 14.8 Å². The van der Waals surface area contributed by atoms with E-state index in [4.69, 9.17) is 5.73 Å². The molecule has 0 aromatic carbocycles. The first kappa shape index (κ1) is 13.7. The van der Waals surface area contributed by atoms with Crippen LogP contribution in [0.5, 0.6) is 0 Å². The molecule has 0 atom stereocenters. The van der Waals surface area contributed by atoms with E-state index in [9.17, 15) is 9.59 Å². The van der Waals surface area contributed by atoms with Gasteiger partial charge in [0.25, 0.3) is 5.91 Å². The zero-order chi connectivity index (χ0) is 14.9. The van der Waals surface area contributed by atoms with E-state index in [0.717, 1.165) is 11.3 Å². The first-order chi connectivity index (χ1) is 9.38. The molecule has 7 nitrogen and oxygen atoms in total. The maximum atomic E-state index is 11.3. The third kappa shape index (κ3) is 2.66. The number of aryl methyl sites for hydroxylation is 2. The van der Waals surface area contributed by atoms with Gasteiger partial charge >= 0.3 is 0 Å². The zero-order valence-corrected chi connectivity index (χ0v) is 11.5. The summed E-state index contributed by atoms with van der Waals surface area (Å²) in [6.45, 7) is 4.98. The van der Waals surface area contributed by atoms with E-state index in [1.165, 1.54) is 6.92 Å². The number of primary amides is 1. The average Bonchev–Trinajstić information content (AvgIpc) is 2.73. The predicted molar refractivity (Wildman–Crippen MR) is 73.7 cm³/mol. The van der Waals surface area contributed by atoms with Crippen molar-refractivity contribution >= 4 is 17.6 Å². The second-order valence-electron chi connectivity index (χ2n) is 4.47. The van der Waals surface area contributed by atoms with Gasteiger partial charge in [-0.25, -0.2) is 9.67 Å². The number of amides is 2. The lowest BCUT2D eigenvalue weighted by Gasteiger charge is -2.08. The average molecular weight is 273 g/mol. The molecule has 20 heavy (non-hydrogen) atoms. The van der Waals surface area contributed by atoms with E-state index < -0.39 is 5.91 Å². The fraction of sp³-hybridized carbons (Fsp3) is 0.231. The summed E-state index contributed by atoms with van der Waals surface area (Å²) in [5.41, 5.74) is 7.77. The first-order valence-corrected chi connectivity index (χ1v) is 5.99. The van der Waals surface area contributed by atoms with Gasteiger partial charge in [0.15, 0.2) is 0 Å². The largest absolute Gasteiger partial charge is 0.365 e. The highest BCUT2D eigenvalue weighted by atomic mass is 16.1. The first-order valence-electron chi connectivity index (χ1n) is 5.99. The molecule has 2 aromatic rings. The van der Waals surface area contributed by atoms with Crippen LogP contribution >= 0.6 is 0 Å². The van der Waals surface area contributed by atoms with Crippen molar-refractivity contribution in [3.8, 4) is 5.69 Å². The van der Waals surface area contributed by atoms with Crippen LogP contribution in [-0.2, 0) is 4.79 Å². The Morgan fingerprint density at radius 3 is 2.60 bits per heavy atom. The maximum absolute atomic E-state index is 11.3. The Balaban J connectivity index is 2.48. The number of hydrogen-bond donors (Lipinski definition) is 2. The number of nitrogens with one attached hydrogen (secondary N) is 1. The number of hydrogen-bond acceptors (Lipinski definition) is 4. The number of aromatic nitrogens is 3. The number of carbonyl (C=O) groups excluding carboxylic acids is 2. The second kappa shape index (κ2) is 5.12. The lowest BCUT2D eigenvalue weighted by molar-refractivity contribution is -0.114. The van der Waals surface area contributed by atoms with Crippen LogP contribution in [0.4, 0.5) is 5.82 Å². The van der Waals surface area contributed by atoms with Crippen LogP contribution in [0.25, 0.3) is 5.69 Å². The van der Waals surface area contributed by atoms with Crippen molar-refractivity contribution in [3.63, 3.8) is 0 Å². The molecule has 104 valence electrons. The summed E-state index contributed by atoms with van der Waals surface area (Å²) in [5, 5.41) is 6.86. The molecular weight excluding hydrogens is 258 g/mol. The van der Waals surface area contributed by atoms with Crippen molar-refractivity contribution in [3.05, 3.63) is 35.3 Å². The molecule has 2 aromatic heterocycles. The summed E-state index contributed by atoms with van der Waals surface area (Å²) in [7, 11) is 0. The predicted octanol–water partition coefficient (Wildman–Crippen LogP) is 0.941. The Morgan fingerprint density at radius 1 is 1.35 bits per heavy atom. The van der Waals surface area contributed by atoms with Gasteiger partial charge in [0.1, 0.15) is 5.82 Å². The van der Waals surface area contributed by atoms with Crippen molar-refractivity contribution in [1.29, 1.82) is 0 Å². The third-order valence-corrected chi connectivity index (χ3v) is 2.79. The lowest BCUT2D eigenvalue weighted by Crippen LogP contribution is -2.11. The molecule has 0 saturated heterocycles. The normalized spacial score (nSPS) is 10.3. The molecule has 2 rings (SSSR count). The molecule has 0 radical (unpaired) electrons. The third-order valence-electron chi connectivity index (χ3n) is 2.79. The van der Waals surface area contributed by atoms with Gasteiger partial charge in [0.05, 0.1) is 16.9 Å². The quantitative estimate of drug-likeness (QED) is 0.868. The molecule has 0 fully saturated rings. The van der Waals surface area contributed by atoms with Crippen LogP contribution in [0.15, 0.2) is 18.5 Å². The van der Waals surface area contributed by atoms with E-state index in [1.54, 1.807) is 30.1 Å². The fourth-order valence-electron chi connectivity index (χ4n) is 1.83. The van der Waals surface area contributed by atoms with Crippen LogP contribution in [0.3, 0.4) is 0 Å². The van der Waals surface area contributed by atoms with E-state index in [0.29, 0.717) is 17.1 Å². The molecule has 2 amide bonds. The highest BCUT2D eigenvalue weighted by Crippen LogP contribution is 2.18. The van der Waals surface area contributed by atoms with Gasteiger partial charge in [-0.15, -0.1) is 0 Å². The SMILES string of the molecule is CC(=O)Nc1cc(-n2cc(C(N)=O)c(C)n2)c(C)cn1. The molecule has 0 unspecified atom stereocenters. The molecule has 7 heteroatoms. The van der Waals surface area contributed by atoms with Gasteiger partial charge in [-0.1, -0.05) is 0 Å². The van der Waals surface area contributed by atoms with E-state index in [1.807, 2.05) is 6.92 Å². The van der Waals surface area contributed by atoms with Crippen LogP contribution in [0, 0.1) is 13.8 Å². The highest BCUT2D eigenvalue weighted by Gasteiger charge is 2.13. The second-order valence-corrected chi connectivity index (χ2v) is 4.47. The maximum Gasteiger partial charge on any atom is 0.252 e. The lowest BCUT2D eigenvalue weighted by atomic mass is 10.2. The Bertz CT molecular complexity index is 690. The summed E-state index contributed by atoms with van der Waals surface area (Å²) >= 11 is 0. The smallest absolute Gasteiger partial charge is 0.252 e. The van der Waals surface area contributed by atoms with Crippen LogP contribution in [-0.4, -0.2) is 26.6 Å². The van der Waals surface area contributed by atoms with Gasteiger partial charge in [-0.3, -0.25) is 9.59 Å². The summed E-state index contributed by atoms with van der Waals surface area (Å²) < 4.78 is 1.55. The number of nitrogens with two attached hydrogens (primary N) is 1. The topological polar surface area (TPSA) is 103 Å². The number of carbonyl (C=O) groups is 2. The molecular formula is C13H15N5O2. The van der Waals surface area contributed by atoms with Gasteiger partial charge in [0.2, 0.25) is 5.91 Å². The fourth-order valence-corrected chi connectivity index (χ4v) is 1.83. The van der Waals surface area contributed by atoms with Crippen LogP contribution < -0.4 is 11.1 Å². The standard InChI is InChI=1S/C13H15N5O2/c1-7-5-15-12(16-9(3)19)4-11(7)18-6-10(13(14)20)8(2)17-18/h4-6H,1-3H3,(H2,14,20)(H,15,16,19). The molecule has 0 saturated carbocycles. The van der Waals surface area contributed by atoms with E-state index >= 15 is 0 Å². The Labute approximate surface area is 115 Å². The summed E-state index contributed by atoms with van der Waals surface area (Å²) in [6.07, 6.45) is 3.19. The summed E-state index contributed by atoms with van der Waals surface area (Å²) in [4.78, 5) is 26.4. The van der Waals surface area contributed by atoms with Gasteiger partial charge in [-0.2, -0.15) is 5.10 Å². The molecule has 0 aliphatic rings. The minimum atomic E-state index is -0.525. The van der Waals surface area contributed by atoms with Gasteiger partial charge < -0.3 is 11.1 Å². The molecule has 0 aliphatic heterocycles. The minimum Gasteiger partial charge on any atom is -0.365 e. The van der Waals surface area contributed by atoms with Gasteiger partial charge in [-0.05, 0) is 19.4 Å². The monoisotopic (exact) mass is 273 g/mol. The van der Waals surface area contributed by atoms with E-state index in [2.05, 4.69) is 15.4 Å².